The predicted octanol–water partition coefficient (Wildman–Crippen LogP) is 8.64. The first-order chi connectivity index (χ1) is 12.7. The fourth-order valence-electron chi connectivity index (χ4n) is 7.08. The van der Waals surface area contributed by atoms with Crippen LogP contribution >= 0.6 is 0 Å². The summed E-state index contributed by atoms with van der Waals surface area (Å²) in [6, 6.07) is 0. The minimum absolute atomic E-state index is 0.958. The normalized spacial score (nSPS) is 40.3. The van der Waals surface area contributed by atoms with Crippen molar-refractivity contribution in [3.63, 3.8) is 0 Å². The molecule has 3 rings (SSSR count). The molecule has 0 nitrogen and oxygen atoms in total. The van der Waals surface area contributed by atoms with Gasteiger partial charge in [-0.3, -0.25) is 0 Å². The molecule has 0 aromatic rings. The molecule has 1 atom stereocenters. The molecule has 1 unspecified atom stereocenters. The average molecular weight is 361 g/mol. The summed E-state index contributed by atoms with van der Waals surface area (Å²) >= 11 is 0. The highest BCUT2D eigenvalue weighted by atomic mass is 14.4. The van der Waals surface area contributed by atoms with Gasteiger partial charge in [0.25, 0.3) is 0 Å². The van der Waals surface area contributed by atoms with E-state index in [4.69, 9.17) is 0 Å². The molecular formula is C26H48. The Hall–Kier alpha value is 0. The molecule has 0 heteroatoms. The van der Waals surface area contributed by atoms with Crippen molar-refractivity contribution in [1.29, 1.82) is 0 Å². The quantitative estimate of drug-likeness (QED) is 0.426. The van der Waals surface area contributed by atoms with Crippen LogP contribution in [0.15, 0.2) is 0 Å². The minimum Gasteiger partial charge on any atom is -0.0654 e. The molecule has 3 fully saturated rings. The maximum absolute atomic E-state index is 2.46. The standard InChI is InChI=1S/C26H48/c1-4-6-21-7-11-23(12-8-21)25-15-17-26(18-16-25)24-13-9-22(10-14-24)19-20(3)5-2/h20-26H,4-19H2,1-3H3. The lowest BCUT2D eigenvalue weighted by molar-refractivity contribution is 0.100. The summed E-state index contributed by atoms with van der Waals surface area (Å²) in [6.07, 6.45) is 24.6. The first-order valence-electron chi connectivity index (χ1n) is 12.7. The van der Waals surface area contributed by atoms with Gasteiger partial charge in [-0.05, 0) is 99.2 Å². The molecular weight excluding hydrogens is 312 g/mol. The van der Waals surface area contributed by atoms with E-state index >= 15 is 0 Å². The van der Waals surface area contributed by atoms with Gasteiger partial charge in [-0.1, -0.05) is 65.7 Å². The topological polar surface area (TPSA) is 0 Å². The first-order valence-corrected chi connectivity index (χ1v) is 12.7. The molecule has 0 amide bonds. The van der Waals surface area contributed by atoms with Gasteiger partial charge in [-0.25, -0.2) is 0 Å². The zero-order chi connectivity index (χ0) is 18.4. The predicted molar refractivity (Wildman–Crippen MR) is 115 cm³/mol. The third kappa shape index (κ3) is 5.75. The van der Waals surface area contributed by atoms with Crippen molar-refractivity contribution >= 4 is 0 Å². The average Bonchev–Trinajstić information content (AvgIpc) is 2.69. The molecule has 0 bridgehead atoms. The molecule has 0 aromatic carbocycles. The second-order valence-electron chi connectivity index (χ2n) is 10.8. The van der Waals surface area contributed by atoms with Gasteiger partial charge in [-0.2, -0.15) is 0 Å². The van der Waals surface area contributed by atoms with E-state index in [0.717, 1.165) is 41.4 Å². The first kappa shape index (κ1) is 20.7. The Bertz CT molecular complexity index is 361. The maximum Gasteiger partial charge on any atom is -0.0386 e. The molecule has 0 spiro atoms. The Kier molecular flexibility index (Phi) is 8.39. The van der Waals surface area contributed by atoms with Crippen molar-refractivity contribution in [2.24, 2.45) is 41.4 Å². The van der Waals surface area contributed by atoms with E-state index < -0.39 is 0 Å². The van der Waals surface area contributed by atoms with Crippen LogP contribution in [0.4, 0.5) is 0 Å². The summed E-state index contributed by atoms with van der Waals surface area (Å²) in [5, 5.41) is 0. The summed E-state index contributed by atoms with van der Waals surface area (Å²) in [5.41, 5.74) is 0. The van der Waals surface area contributed by atoms with Crippen LogP contribution in [-0.2, 0) is 0 Å². The van der Waals surface area contributed by atoms with Crippen LogP contribution in [0.1, 0.15) is 124 Å². The fourth-order valence-corrected chi connectivity index (χ4v) is 7.08. The largest absolute Gasteiger partial charge is 0.0654 e. The summed E-state index contributed by atoms with van der Waals surface area (Å²) in [7, 11) is 0. The summed E-state index contributed by atoms with van der Waals surface area (Å²) in [6.45, 7) is 7.19. The van der Waals surface area contributed by atoms with E-state index in [1.165, 1.54) is 25.7 Å². The molecule has 3 aliphatic carbocycles. The zero-order valence-electron chi connectivity index (χ0n) is 18.4. The van der Waals surface area contributed by atoms with Gasteiger partial charge in [-0.15, -0.1) is 0 Å². The highest BCUT2D eigenvalue weighted by molar-refractivity contribution is 4.86. The van der Waals surface area contributed by atoms with Crippen LogP contribution in [0.5, 0.6) is 0 Å². The van der Waals surface area contributed by atoms with Crippen LogP contribution in [0.3, 0.4) is 0 Å². The van der Waals surface area contributed by atoms with Crippen LogP contribution in [-0.4, -0.2) is 0 Å². The van der Waals surface area contributed by atoms with Gasteiger partial charge in [0.2, 0.25) is 0 Å². The molecule has 0 aromatic heterocycles. The lowest BCUT2D eigenvalue weighted by Gasteiger charge is -2.41. The number of hydrogen-bond acceptors (Lipinski definition) is 0. The minimum atomic E-state index is 0.958. The van der Waals surface area contributed by atoms with E-state index in [1.807, 2.05) is 0 Å². The van der Waals surface area contributed by atoms with Crippen LogP contribution in [0.25, 0.3) is 0 Å². The lowest BCUT2D eigenvalue weighted by Crippen LogP contribution is -2.30. The van der Waals surface area contributed by atoms with Crippen molar-refractivity contribution in [2.75, 3.05) is 0 Å². The Morgan fingerprint density at radius 2 is 0.962 bits per heavy atom. The summed E-state index contributed by atoms with van der Waals surface area (Å²) < 4.78 is 0. The molecule has 0 radical (unpaired) electrons. The zero-order valence-corrected chi connectivity index (χ0v) is 18.4. The fraction of sp³-hybridized carbons (Fsp3) is 1.00. The summed E-state index contributed by atoms with van der Waals surface area (Å²) in [5.74, 6) is 7.52. The van der Waals surface area contributed by atoms with Crippen molar-refractivity contribution in [1.82, 2.24) is 0 Å². The maximum atomic E-state index is 2.46. The Morgan fingerprint density at radius 3 is 1.35 bits per heavy atom. The molecule has 0 N–H and O–H groups in total. The highest BCUT2D eigenvalue weighted by Crippen LogP contribution is 2.46. The van der Waals surface area contributed by atoms with Crippen LogP contribution < -0.4 is 0 Å². The van der Waals surface area contributed by atoms with E-state index in [9.17, 15) is 0 Å². The number of hydrogen-bond donors (Lipinski definition) is 0. The van der Waals surface area contributed by atoms with Gasteiger partial charge < -0.3 is 0 Å². The third-order valence-corrected chi connectivity index (χ3v) is 9.06. The summed E-state index contributed by atoms with van der Waals surface area (Å²) in [4.78, 5) is 0. The molecule has 152 valence electrons. The molecule has 0 aliphatic heterocycles. The SMILES string of the molecule is CCCC1CCC(C2CCC(C3CCC(CC(C)CC)CC3)CC2)CC1. The van der Waals surface area contributed by atoms with E-state index in [2.05, 4.69) is 20.8 Å². The number of rotatable bonds is 7. The van der Waals surface area contributed by atoms with Crippen molar-refractivity contribution in [3.8, 4) is 0 Å². The van der Waals surface area contributed by atoms with Crippen LogP contribution in [0, 0.1) is 41.4 Å². The van der Waals surface area contributed by atoms with Crippen molar-refractivity contribution in [3.05, 3.63) is 0 Å². The smallest absolute Gasteiger partial charge is 0.0386 e. The molecule has 3 aliphatic rings. The second kappa shape index (κ2) is 10.5. The second-order valence-corrected chi connectivity index (χ2v) is 10.8. The highest BCUT2D eigenvalue weighted by Gasteiger charge is 2.34. The van der Waals surface area contributed by atoms with E-state index in [-0.39, 0.29) is 0 Å². The molecule has 26 heavy (non-hydrogen) atoms. The van der Waals surface area contributed by atoms with Gasteiger partial charge in [0.05, 0.1) is 0 Å². The lowest BCUT2D eigenvalue weighted by atomic mass is 9.64. The molecule has 0 heterocycles. The Balaban J connectivity index is 1.34. The van der Waals surface area contributed by atoms with Gasteiger partial charge >= 0.3 is 0 Å². The van der Waals surface area contributed by atoms with E-state index in [0.29, 0.717) is 0 Å². The van der Waals surface area contributed by atoms with E-state index in [1.54, 1.807) is 77.0 Å². The van der Waals surface area contributed by atoms with Crippen LogP contribution in [0.2, 0.25) is 0 Å². The van der Waals surface area contributed by atoms with Gasteiger partial charge in [0, 0.05) is 0 Å². The van der Waals surface area contributed by atoms with Crippen molar-refractivity contribution in [2.45, 2.75) is 124 Å². The van der Waals surface area contributed by atoms with Crippen molar-refractivity contribution < 1.29 is 0 Å². The molecule has 3 saturated carbocycles. The van der Waals surface area contributed by atoms with Gasteiger partial charge in [0.1, 0.15) is 0 Å². The Morgan fingerprint density at radius 1 is 0.577 bits per heavy atom. The monoisotopic (exact) mass is 360 g/mol. The Labute approximate surface area is 165 Å². The van der Waals surface area contributed by atoms with Gasteiger partial charge in [0.15, 0.2) is 0 Å². The molecule has 0 saturated heterocycles. The third-order valence-electron chi connectivity index (χ3n) is 9.06.